The SMILES string of the molecule is CCCc1ccccc1Oc1ccc(C)c(Oc2ccccc2CCC)c1C. The minimum Gasteiger partial charge on any atom is -0.457 e. The molecule has 0 amide bonds. The van der Waals surface area contributed by atoms with E-state index in [4.69, 9.17) is 9.47 Å². The molecular weight excluding hydrogens is 344 g/mol. The number of rotatable bonds is 8. The van der Waals surface area contributed by atoms with Crippen molar-refractivity contribution in [2.24, 2.45) is 0 Å². The maximum Gasteiger partial charge on any atom is 0.136 e. The normalized spacial score (nSPS) is 10.7. The van der Waals surface area contributed by atoms with Crippen LogP contribution in [0.25, 0.3) is 0 Å². The lowest BCUT2D eigenvalue weighted by Crippen LogP contribution is -1.98. The van der Waals surface area contributed by atoms with Gasteiger partial charge < -0.3 is 9.47 Å². The molecule has 3 aromatic rings. The van der Waals surface area contributed by atoms with Crippen molar-refractivity contribution in [3.63, 3.8) is 0 Å². The summed E-state index contributed by atoms with van der Waals surface area (Å²) in [5.74, 6) is 3.58. The molecule has 0 saturated heterocycles. The lowest BCUT2D eigenvalue weighted by atomic mass is 10.1. The third-order valence-corrected chi connectivity index (χ3v) is 4.97. The molecule has 0 aliphatic heterocycles. The number of hydrogen-bond donors (Lipinski definition) is 0. The van der Waals surface area contributed by atoms with Crippen LogP contribution < -0.4 is 9.47 Å². The van der Waals surface area contributed by atoms with Crippen molar-refractivity contribution in [3.05, 3.63) is 82.9 Å². The predicted molar refractivity (Wildman–Crippen MR) is 117 cm³/mol. The number of benzene rings is 3. The zero-order valence-electron chi connectivity index (χ0n) is 17.4. The first-order valence-electron chi connectivity index (χ1n) is 10.3. The van der Waals surface area contributed by atoms with Crippen LogP contribution in [0, 0.1) is 13.8 Å². The van der Waals surface area contributed by atoms with Gasteiger partial charge in [0.2, 0.25) is 0 Å². The molecule has 0 aliphatic carbocycles. The van der Waals surface area contributed by atoms with Gasteiger partial charge in [-0.2, -0.15) is 0 Å². The Balaban J connectivity index is 1.93. The van der Waals surface area contributed by atoms with E-state index in [9.17, 15) is 0 Å². The minimum atomic E-state index is 0.845. The molecule has 2 heteroatoms. The van der Waals surface area contributed by atoms with Gasteiger partial charge >= 0.3 is 0 Å². The van der Waals surface area contributed by atoms with Gasteiger partial charge in [0.05, 0.1) is 0 Å². The maximum atomic E-state index is 6.40. The molecule has 0 atom stereocenters. The monoisotopic (exact) mass is 374 g/mol. The van der Waals surface area contributed by atoms with E-state index in [1.165, 1.54) is 11.1 Å². The lowest BCUT2D eigenvalue weighted by molar-refractivity contribution is 0.445. The highest BCUT2D eigenvalue weighted by atomic mass is 16.5. The first-order valence-corrected chi connectivity index (χ1v) is 10.3. The van der Waals surface area contributed by atoms with Gasteiger partial charge in [0, 0.05) is 5.56 Å². The van der Waals surface area contributed by atoms with E-state index in [-0.39, 0.29) is 0 Å². The fraction of sp³-hybridized carbons (Fsp3) is 0.308. The molecule has 28 heavy (non-hydrogen) atoms. The summed E-state index contributed by atoms with van der Waals surface area (Å²) in [4.78, 5) is 0. The highest BCUT2D eigenvalue weighted by Crippen LogP contribution is 2.38. The van der Waals surface area contributed by atoms with Crippen LogP contribution in [-0.2, 0) is 12.8 Å². The fourth-order valence-electron chi connectivity index (χ4n) is 3.46. The second-order valence-electron chi connectivity index (χ2n) is 7.25. The van der Waals surface area contributed by atoms with E-state index in [0.717, 1.165) is 59.8 Å². The van der Waals surface area contributed by atoms with Crippen molar-refractivity contribution >= 4 is 0 Å². The van der Waals surface area contributed by atoms with E-state index in [0.29, 0.717) is 0 Å². The molecule has 146 valence electrons. The molecule has 0 heterocycles. The Bertz CT molecular complexity index is 927. The van der Waals surface area contributed by atoms with Crippen LogP contribution in [0.4, 0.5) is 0 Å². The average Bonchev–Trinajstić information content (AvgIpc) is 2.70. The van der Waals surface area contributed by atoms with E-state index in [1.54, 1.807) is 0 Å². The summed E-state index contributed by atoms with van der Waals surface area (Å²) in [7, 11) is 0. The number of ether oxygens (including phenoxy) is 2. The van der Waals surface area contributed by atoms with Crippen LogP contribution in [0.2, 0.25) is 0 Å². The van der Waals surface area contributed by atoms with E-state index in [2.05, 4.69) is 58.0 Å². The van der Waals surface area contributed by atoms with Gasteiger partial charge in [-0.1, -0.05) is 69.2 Å². The van der Waals surface area contributed by atoms with Crippen molar-refractivity contribution in [2.45, 2.75) is 53.4 Å². The first kappa shape index (κ1) is 20.0. The van der Waals surface area contributed by atoms with E-state index < -0.39 is 0 Å². The van der Waals surface area contributed by atoms with Crippen molar-refractivity contribution in [2.75, 3.05) is 0 Å². The molecule has 3 rings (SSSR count). The van der Waals surface area contributed by atoms with Gasteiger partial charge in [0.15, 0.2) is 0 Å². The number of aryl methyl sites for hydroxylation is 3. The molecule has 0 radical (unpaired) electrons. The number of hydrogen-bond acceptors (Lipinski definition) is 2. The Hall–Kier alpha value is -2.74. The molecule has 2 nitrogen and oxygen atoms in total. The van der Waals surface area contributed by atoms with Crippen LogP contribution in [-0.4, -0.2) is 0 Å². The average molecular weight is 375 g/mol. The van der Waals surface area contributed by atoms with Crippen molar-refractivity contribution in [3.8, 4) is 23.0 Å². The Morgan fingerprint density at radius 1 is 0.607 bits per heavy atom. The van der Waals surface area contributed by atoms with Crippen LogP contribution in [0.5, 0.6) is 23.0 Å². The minimum absolute atomic E-state index is 0.845. The fourth-order valence-corrected chi connectivity index (χ4v) is 3.46. The first-order chi connectivity index (χ1) is 13.6. The summed E-state index contributed by atoms with van der Waals surface area (Å²) in [6.07, 6.45) is 4.20. The molecule has 0 aromatic heterocycles. The second-order valence-corrected chi connectivity index (χ2v) is 7.25. The van der Waals surface area contributed by atoms with Crippen molar-refractivity contribution < 1.29 is 9.47 Å². The summed E-state index contributed by atoms with van der Waals surface area (Å²) in [5, 5.41) is 0. The standard InChI is InChI=1S/C26H30O2/c1-5-11-21-13-7-9-15-24(21)27-23-18-17-19(3)26(20(23)4)28-25-16-10-8-14-22(25)12-6-2/h7-10,13-18H,5-6,11-12H2,1-4H3. The summed E-state index contributed by atoms with van der Waals surface area (Å²) in [6, 6.07) is 20.7. The van der Waals surface area contributed by atoms with E-state index >= 15 is 0 Å². The van der Waals surface area contributed by atoms with Crippen LogP contribution in [0.1, 0.15) is 48.9 Å². The second kappa shape index (κ2) is 9.45. The Labute approximate surface area is 169 Å². The maximum absolute atomic E-state index is 6.40. The molecule has 0 unspecified atom stereocenters. The van der Waals surface area contributed by atoms with Crippen LogP contribution in [0.15, 0.2) is 60.7 Å². The van der Waals surface area contributed by atoms with Crippen molar-refractivity contribution in [1.29, 1.82) is 0 Å². The summed E-state index contributed by atoms with van der Waals surface area (Å²) in [6.45, 7) is 8.53. The molecule has 0 bridgehead atoms. The molecular formula is C26H30O2. The summed E-state index contributed by atoms with van der Waals surface area (Å²) in [5.41, 5.74) is 4.61. The van der Waals surface area contributed by atoms with Gasteiger partial charge in [-0.15, -0.1) is 0 Å². The van der Waals surface area contributed by atoms with Crippen molar-refractivity contribution in [1.82, 2.24) is 0 Å². The predicted octanol–water partition coefficient (Wildman–Crippen LogP) is 7.79. The molecule has 0 spiro atoms. The van der Waals surface area contributed by atoms with Gasteiger partial charge in [0.25, 0.3) is 0 Å². The highest BCUT2D eigenvalue weighted by Gasteiger charge is 2.14. The molecule has 0 N–H and O–H groups in total. The van der Waals surface area contributed by atoms with Crippen LogP contribution >= 0.6 is 0 Å². The zero-order valence-corrected chi connectivity index (χ0v) is 17.4. The molecule has 0 fully saturated rings. The summed E-state index contributed by atoms with van der Waals surface area (Å²) >= 11 is 0. The van der Waals surface area contributed by atoms with Gasteiger partial charge in [-0.05, 0) is 61.6 Å². The third kappa shape index (κ3) is 4.56. The molecule has 0 aliphatic rings. The van der Waals surface area contributed by atoms with Gasteiger partial charge in [-0.3, -0.25) is 0 Å². The summed E-state index contributed by atoms with van der Waals surface area (Å²) < 4.78 is 12.7. The quantitative estimate of drug-likeness (QED) is 0.400. The molecule has 3 aromatic carbocycles. The Morgan fingerprint density at radius 2 is 1.14 bits per heavy atom. The highest BCUT2D eigenvalue weighted by molar-refractivity contribution is 5.53. The number of para-hydroxylation sites is 2. The third-order valence-electron chi connectivity index (χ3n) is 4.97. The lowest BCUT2D eigenvalue weighted by Gasteiger charge is -2.18. The largest absolute Gasteiger partial charge is 0.457 e. The van der Waals surface area contributed by atoms with E-state index in [1.807, 2.05) is 30.3 Å². The van der Waals surface area contributed by atoms with Gasteiger partial charge in [0.1, 0.15) is 23.0 Å². The Morgan fingerprint density at radius 3 is 1.71 bits per heavy atom. The topological polar surface area (TPSA) is 18.5 Å². The van der Waals surface area contributed by atoms with Crippen LogP contribution in [0.3, 0.4) is 0 Å². The zero-order chi connectivity index (χ0) is 19.9. The molecule has 0 saturated carbocycles. The smallest absolute Gasteiger partial charge is 0.136 e. The Kier molecular flexibility index (Phi) is 6.76. The van der Waals surface area contributed by atoms with Gasteiger partial charge in [-0.25, -0.2) is 0 Å².